The van der Waals surface area contributed by atoms with Crippen LogP contribution in [0.15, 0.2) is 30.3 Å². The van der Waals surface area contributed by atoms with Crippen LogP contribution in [-0.2, 0) is 9.47 Å². The number of halogens is 1. The van der Waals surface area contributed by atoms with E-state index in [1.807, 2.05) is 57.2 Å². The van der Waals surface area contributed by atoms with Crippen LogP contribution >= 0.6 is 22.9 Å². The first kappa shape index (κ1) is 23.8. The quantitative estimate of drug-likeness (QED) is 0.458. The van der Waals surface area contributed by atoms with E-state index in [4.69, 9.17) is 35.8 Å². The molecule has 0 unspecified atom stereocenters. The lowest BCUT2D eigenvalue weighted by atomic mass is 10.1. The average molecular weight is 515 g/mol. The zero-order chi connectivity index (χ0) is 24.6. The minimum atomic E-state index is -0.505. The molecule has 0 atom stereocenters. The van der Waals surface area contributed by atoms with Crippen LogP contribution < -0.4 is 9.64 Å². The van der Waals surface area contributed by atoms with E-state index in [1.54, 1.807) is 16.2 Å². The minimum Gasteiger partial charge on any atom is -0.450 e. The van der Waals surface area contributed by atoms with Crippen LogP contribution in [0.1, 0.15) is 31.3 Å². The van der Waals surface area contributed by atoms with Gasteiger partial charge < -0.3 is 24.0 Å². The van der Waals surface area contributed by atoms with Gasteiger partial charge in [-0.2, -0.15) is 4.98 Å². The maximum Gasteiger partial charge on any atom is 0.410 e. The third-order valence-electron chi connectivity index (χ3n) is 5.64. The van der Waals surface area contributed by atoms with E-state index >= 15 is 0 Å². The summed E-state index contributed by atoms with van der Waals surface area (Å²) in [5, 5.41) is 1.50. The Morgan fingerprint density at radius 3 is 2.66 bits per heavy atom. The third kappa shape index (κ3) is 5.37. The third-order valence-corrected chi connectivity index (χ3v) is 7.04. The fourth-order valence-corrected chi connectivity index (χ4v) is 5.21. The van der Waals surface area contributed by atoms with E-state index in [9.17, 15) is 4.79 Å². The second kappa shape index (κ2) is 9.64. The Kier molecular flexibility index (Phi) is 6.57. The normalized spacial score (nSPS) is 16.7. The van der Waals surface area contributed by atoms with Crippen LogP contribution in [0.5, 0.6) is 5.88 Å². The zero-order valence-electron chi connectivity index (χ0n) is 19.9. The molecule has 1 aromatic carbocycles. The van der Waals surface area contributed by atoms with Crippen molar-refractivity contribution in [3.8, 4) is 5.88 Å². The van der Waals surface area contributed by atoms with Crippen molar-refractivity contribution in [2.24, 2.45) is 0 Å². The highest BCUT2D eigenvalue weighted by molar-refractivity contribution is 7.19. The number of hydrogen-bond donors (Lipinski definition) is 0. The van der Waals surface area contributed by atoms with Gasteiger partial charge in [-0.25, -0.2) is 9.78 Å². The number of nitrogens with zero attached hydrogens (tertiary/aromatic N) is 4. The molecule has 0 radical (unpaired) electrons. The Morgan fingerprint density at radius 2 is 1.91 bits per heavy atom. The summed E-state index contributed by atoms with van der Waals surface area (Å²) in [6.45, 7) is 8.56. The molecule has 35 heavy (non-hydrogen) atoms. The molecule has 5 rings (SSSR count). The molecule has 2 aliphatic heterocycles. The van der Waals surface area contributed by atoms with Crippen LogP contribution in [0.4, 0.5) is 10.6 Å². The Balaban J connectivity index is 1.34. The van der Waals surface area contributed by atoms with Crippen molar-refractivity contribution in [2.45, 2.75) is 26.4 Å². The standard InChI is InChI=1S/C25H27ClN4O4S/c1-25(2,3)34-24(31)30-11-9-29(10-12-30)20-8-7-16-13-17(14-32-15-33-22(16)27-20)23-28-21-18(26)5-4-6-19(21)35-23/h4-8,13H,9-12,14-15H2,1-3H3. The SMILES string of the molecule is CC(C)(C)OC(=O)N1CCN(c2ccc3c(n2)OCOCC(c2nc4c(Cl)cccc4s2)=C3)CC1. The number of hydrogen-bond acceptors (Lipinski definition) is 8. The predicted octanol–water partition coefficient (Wildman–Crippen LogP) is 5.31. The first-order valence-electron chi connectivity index (χ1n) is 11.5. The number of piperazine rings is 1. The Bertz CT molecular complexity index is 1280. The van der Waals surface area contributed by atoms with Crippen molar-refractivity contribution in [3.05, 3.63) is 45.9 Å². The molecule has 0 aliphatic carbocycles. The molecule has 2 aromatic heterocycles. The number of carbonyl (C=O) groups is 1. The van der Waals surface area contributed by atoms with Gasteiger partial charge in [0.15, 0.2) is 6.79 Å². The smallest absolute Gasteiger partial charge is 0.410 e. The molecule has 1 amide bonds. The number of benzene rings is 1. The van der Waals surface area contributed by atoms with Gasteiger partial charge in [0, 0.05) is 37.3 Å². The molecule has 0 saturated carbocycles. The first-order chi connectivity index (χ1) is 16.8. The van der Waals surface area contributed by atoms with E-state index in [0.717, 1.165) is 32.2 Å². The van der Waals surface area contributed by atoms with E-state index in [2.05, 4.69) is 4.90 Å². The van der Waals surface area contributed by atoms with Gasteiger partial charge in [0.2, 0.25) is 5.88 Å². The number of aromatic nitrogens is 2. The summed E-state index contributed by atoms with van der Waals surface area (Å²) in [7, 11) is 0. The lowest BCUT2D eigenvalue weighted by molar-refractivity contribution is 0.0238. The summed E-state index contributed by atoms with van der Waals surface area (Å²) in [6, 6.07) is 9.77. The summed E-state index contributed by atoms with van der Waals surface area (Å²) in [6.07, 6.45) is 1.73. The molecule has 0 spiro atoms. The van der Waals surface area contributed by atoms with Gasteiger partial charge in [-0.15, -0.1) is 11.3 Å². The molecule has 8 nitrogen and oxygen atoms in total. The number of thiazole rings is 1. The van der Waals surface area contributed by atoms with Crippen molar-refractivity contribution in [1.82, 2.24) is 14.9 Å². The molecule has 1 fully saturated rings. The highest BCUT2D eigenvalue weighted by Crippen LogP contribution is 2.34. The summed E-state index contributed by atoms with van der Waals surface area (Å²) in [5.41, 5.74) is 2.11. The number of carbonyl (C=O) groups excluding carboxylic acids is 1. The van der Waals surface area contributed by atoms with Crippen LogP contribution in [0.2, 0.25) is 5.02 Å². The largest absolute Gasteiger partial charge is 0.450 e. The number of amides is 1. The summed E-state index contributed by atoms with van der Waals surface area (Å²) in [4.78, 5) is 25.7. The van der Waals surface area contributed by atoms with Crippen LogP contribution in [-0.4, -0.2) is 66.1 Å². The fraction of sp³-hybridized carbons (Fsp3) is 0.400. The lowest BCUT2D eigenvalue weighted by Crippen LogP contribution is -2.50. The topological polar surface area (TPSA) is 77.0 Å². The van der Waals surface area contributed by atoms with Gasteiger partial charge >= 0.3 is 6.09 Å². The van der Waals surface area contributed by atoms with E-state index in [0.29, 0.717) is 43.7 Å². The van der Waals surface area contributed by atoms with Crippen LogP contribution in [0, 0.1) is 0 Å². The molecule has 184 valence electrons. The Hall–Kier alpha value is -2.88. The summed E-state index contributed by atoms with van der Waals surface area (Å²) < 4.78 is 18.1. The fourth-order valence-electron chi connectivity index (χ4n) is 3.94. The van der Waals surface area contributed by atoms with Gasteiger partial charge in [-0.3, -0.25) is 0 Å². The summed E-state index contributed by atoms with van der Waals surface area (Å²) >= 11 is 7.91. The first-order valence-corrected chi connectivity index (χ1v) is 12.7. The molecule has 3 aromatic rings. The van der Waals surface area contributed by atoms with Gasteiger partial charge in [0.1, 0.15) is 21.9 Å². The number of ether oxygens (including phenoxy) is 3. The van der Waals surface area contributed by atoms with Crippen LogP contribution in [0.3, 0.4) is 0 Å². The molecule has 0 bridgehead atoms. The van der Waals surface area contributed by atoms with Crippen molar-refractivity contribution in [2.75, 3.05) is 44.5 Å². The molecular formula is C25H27ClN4O4S. The average Bonchev–Trinajstić information content (AvgIpc) is 3.24. The van der Waals surface area contributed by atoms with E-state index in [-0.39, 0.29) is 12.9 Å². The molecule has 1 saturated heterocycles. The maximum atomic E-state index is 12.4. The van der Waals surface area contributed by atoms with E-state index < -0.39 is 5.60 Å². The molecule has 4 heterocycles. The van der Waals surface area contributed by atoms with Gasteiger partial charge in [-0.1, -0.05) is 17.7 Å². The lowest BCUT2D eigenvalue weighted by Gasteiger charge is -2.36. The minimum absolute atomic E-state index is 0.0961. The predicted molar refractivity (Wildman–Crippen MR) is 138 cm³/mol. The maximum absolute atomic E-state index is 12.4. The number of para-hydroxylation sites is 1. The molecular weight excluding hydrogens is 488 g/mol. The van der Waals surface area contributed by atoms with Crippen molar-refractivity contribution in [1.29, 1.82) is 0 Å². The van der Waals surface area contributed by atoms with Crippen LogP contribution in [0.25, 0.3) is 21.9 Å². The van der Waals surface area contributed by atoms with Gasteiger partial charge in [0.25, 0.3) is 0 Å². The van der Waals surface area contributed by atoms with Crippen molar-refractivity contribution >= 4 is 56.7 Å². The van der Waals surface area contributed by atoms with Gasteiger partial charge in [0.05, 0.1) is 16.3 Å². The number of anilines is 1. The molecule has 10 heteroatoms. The Labute approximate surface area is 213 Å². The highest BCUT2D eigenvalue weighted by Gasteiger charge is 2.27. The second-order valence-corrected chi connectivity index (χ2v) is 10.8. The van der Waals surface area contributed by atoms with Gasteiger partial charge in [-0.05, 0) is 51.1 Å². The monoisotopic (exact) mass is 514 g/mol. The number of fused-ring (bicyclic) bond motifs is 2. The van der Waals surface area contributed by atoms with Crippen molar-refractivity contribution in [3.63, 3.8) is 0 Å². The highest BCUT2D eigenvalue weighted by atomic mass is 35.5. The molecule has 0 N–H and O–H groups in total. The van der Waals surface area contributed by atoms with E-state index in [1.165, 1.54) is 0 Å². The Morgan fingerprint density at radius 1 is 1.11 bits per heavy atom. The van der Waals surface area contributed by atoms with Crippen molar-refractivity contribution < 1.29 is 19.0 Å². The zero-order valence-corrected chi connectivity index (χ0v) is 21.5. The summed E-state index contributed by atoms with van der Waals surface area (Å²) in [5.74, 6) is 1.31. The second-order valence-electron chi connectivity index (χ2n) is 9.40. The molecule has 2 aliphatic rings. The number of pyridine rings is 1. The number of rotatable bonds is 2.